The van der Waals surface area contributed by atoms with Crippen molar-refractivity contribution in [1.29, 1.82) is 0 Å². The van der Waals surface area contributed by atoms with E-state index in [1.807, 2.05) is 0 Å². The zero-order valence-electron chi connectivity index (χ0n) is 17.0. The maximum atomic E-state index is 11.4. The van der Waals surface area contributed by atoms with Gasteiger partial charge in [-0.1, -0.05) is 20.8 Å². The molecule has 0 aromatic carbocycles. The first-order valence-corrected chi connectivity index (χ1v) is 14.9. The summed E-state index contributed by atoms with van der Waals surface area (Å²) in [5.74, 6) is 2.23. The Hall–Kier alpha value is 0.450. The molecule has 1 unspecified atom stereocenters. The van der Waals surface area contributed by atoms with E-state index >= 15 is 0 Å². The molecule has 0 spiro atoms. The van der Waals surface area contributed by atoms with Gasteiger partial charge in [-0.15, -0.1) is 0 Å². The Morgan fingerprint density at radius 1 is 0.815 bits per heavy atom. The van der Waals surface area contributed by atoms with Crippen molar-refractivity contribution in [2.75, 3.05) is 0 Å². The third-order valence-electron chi connectivity index (χ3n) is 8.01. The van der Waals surface area contributed by atoms with Crippen LogP contribution in [0.4, 0.5) is 0 Å². The van der Waals surface area contributed by atoms with Crippen LogP contribution in [0.25, 0.3) is 0 Å². The van der Waals surface area contributed by atoms with E-state index in [1.165, 1.54) is 38.5 Å². The second kappa shape index (κ2) is 7.94. The number of thioether (sulfide) groups is 1. The first-order chi connectivity index (χ1) is 12.8. The normalized spacial score (nSPS) is 53.0. The van der Waals surface area contributed by atoms with E-state index in [9.17, 15) is 12.6 Å². The minimum atomic E-state index is -2.64. The summed E-state index contributed by atoms with van der Waals surface area (Å²) >= 11 is 2.24. The summed E-state index contributed by atoms with van der Waals surface area (Å²) in [7, 11) is -3.07. The second-order valence-electron chi connectivity index (χ2n) is 9.91. The summed E-state index contributed by atoms with van der Waals surface area (Å²) in [6.07, 6.45) is 11.0. The Labute approximate surface area is 172 Å². The van der Waals surface area contributed by atoms with E-state index in [-0.39, 0.29) is 10.5 Å². The molecule has 0 radical (unpaired) electrons. The molecule has 0 aromatic heterocycles. The molecule has 6 aliphatic rings. The Morgan fingerprint density at radius 3 is 1.81 bits per heavy atom. The molecule has 10 atom stereocenters. The van der Waals surface area contributed by atoms with Crippen LogP contribution in [0.15, 0.2) is 0 Å². The van der Waals surface area contributed by atoms with Gasteiger partial charge in [0.2, 0.25) is 0 Å². The van der Waals surface area contributed by atoms with Crippen molar-refractivity contribution in [3.8, 4) is 0 Å². The topological polar surface area (TPSA) is 51.2 Å². The van der Waals surface area contributed by atoms with Crippen molar-refractivity contribution in [2.45, 2.75) is 110 Å². The number of hydrogen-bond donors (Lipinski definition) is 0. The molecule has 6 bridgehead atoms. The molecule has 0 aliphatic carbocycles. The van der Waals surface area contributed by atoms with Crippen LogP contribution in [0, 0.1) is 17.8 Å². The molecule has 156 valence electrons. The zero-order chi connectivity index (χ0) is 19.3. The van der Waals surface area contributed by atoms with Crippen molar-refractivity contribution in [1.82, 2.24) is 0 Å². The summed E-state index contributed by atoms with van der Waals surface area (Å²) in [6.45, 7) is 6.69. The van der Waals surface area contributed by atoms with Gasteiger partial charge in [-0.2, -0.15) is 11.8 Å². The summed E-state index contributed by atoms with van der Waals surface area (Å²) < 4.78 is 34.0. The molecule has 0 amide bonds. The van der Waals surface area contributed by atoms with E-state index in [4.69, 9.17) is 0 Å². The van der Waals surface area contributed by atoms with Gasteiger partial charge in [-0.3, -0.25) is 4.21 Å². The standard InChI is InChI=1S/C7H12O2S.C7H12OS.C7H12S/c1-5-4-6-2-3-7(5)10(6,8)9;1-5-4-6-2-3-7(5)9(6)8;1-5-4-6-2-3-7(5)8-6/h5-7H,2-4H2,1H3;5-7H,2-4H2,1H3;5-7H,2-4H2,1H3/t5-,6-,7+;5-,6-,7+,9?;5-,6-,7+/m000/s1. The minimum Gasteiger partial charge on any atom is -0.259 e. The molecule has 6 saturated heterocycles. The largest absolute Gasteiger partial charge is 0.259 e. The fourth-order valence-corrected chi connectivity index (χ4v) is 13.2. The van der Waals surface area contributed by atoms with Gasteiger partial charge in [0.05, 0.1) is 10.5 Å². The highest BCUT2D eigenvalue weighted by molar-refractivity contribution is 8.01. The number of sulfone groups is 1. The minimum absolute atomic E-state index is 0.0255. The molecule has 27 heavy (non-hydrogen) atoms. The fourth-order valence-electron chi connectivity index (χ4n) is 6.37. The lowest BCUT2D eigenvalue weighted by Gasteiger charge is -2.13. The molecular weight excluding hydrogens is 396 g/mol. The Bertz CT molecular complexity index is 674. The number of fused-ring (bicyclic) bond motifs is 6. The highest BCUT2D eigenvalue weighted by atomic mass is 32.2. The Balaban J connectivity index is 0.000000101. The summed E-state index contributed by atoms with van der Waals surface area (Å²) in [6, 6.07) is 0. The van der Waals surface area contributed by atoms with Crippen LogP contribution < -0.4 is 0 Å². The molecule has 3 nitrogen and oxygen atoms in total. The molecule has 0 N–H and O–H groups in total. The van der Waals surface area contributed by atoms with E-state index in [2.05, 4.69) is 32.5 Å². The van der Waals surface area contributed by atoms with E-state index < -0.39 is 20.6 Å². The van der Waals surface area contributed by atoms with Gasteiger partial charge in [0.25, 0.3) is 0 Å². The second-order valence-corrected chi connectivity index (χ2v) is 15.8. The summed E-state index contributed by atoms with van der Waals surface area (Å²) in [5.41, 5.74) is 0. The van der Waals surface area contributed by atoms with E-state index in [1.54, 1.807) is 0 Å². The van der Waals surface area contributed by atoms with Gasteiger partial charge < -0.3 is 0 Å². The maximum absolute atomic E-state index is 11.4. The van der Waals surface area contributed by atoms with E-state index in [0.29, 0.717) is 16.4 Å². The highest BCUT2D eigenvalue weighted by Gasteiger charge is 2.50. The lowest BCUT2D eigenvalue weighted by Crippen LogP contribution is -2.15. The van der Waals surface area contributed by atoms with Crippen molar-refractivity contribution in [3.05, 3.63) is 0 Å². The molecule has 0 saturated carbocycles. The first kappa shape index (κ1) is 20.7. The fraction of sp³-hybridized carbons (Fsp3) is 1.00. The van der Waals surface area contributed by atoms with Crippen molar-refractivity contribution >= 4 is 32.4 Å². The molecule has 6 fully saturated rings. The number of hydrogen-bond acceptors (Lipinski definition) is 4. The predicted octanol–water partition coefficient (Wildman–Crippen LogP) is 4.57. The lowest BCUT2D eigenvalue weighted by molar-refractivity contribution is 0.445. The van der Waals surface area contributed by atoms with E-state index in [0.717, 1.165) is 41.6 Å². The van der Waals surface area contributed by atoms with Crippen LogP contribution in [-0.2, 0) is 20.6 Å². The lowest BCUT2D eigenvalue weighted by atomic mass is 9.91. The molecular formula is C21H36O3S3. The number of rotatable bonds is 0. The predicted molar refractivity (Wildman–Crippen MR) is 116 cm³/mol. The molecule has 0 aromatic rings. The van der Waals surface area contributed by atoms with Gasteiger partial charge in [-0.05, 0) is 75.5 Å². The van der Waals surface area contributed by atoms with Crippen LogP contribution >= 0.6 is 11.8 Å². The molecule has 6 heterocycles. The smallest absolute Gasteiger partial charge is 0.156 e. The Kier molecular flexibility index (Phi) is 6.09. The summed E-state index contributed by atoms with van der Waals surface area (Å²) in [5, 5.41) is 3.35. The van der Waals surface area contributed by atoms with Crippen LogP contribution in [0.3, 0.4) is 0 Å². The van der Waals surface area contributed by atoms with Crippen molar-refractivity contribution in [2.24, 2.45) is 17.8 Å². The van der Waals surface area contributed by atoms with Gasteiger partial charge in [0.1, 0.15) is 0 Å². The van der Waals surface area contributed by atoms with Gasteiger partial charge in [-0.25, -0.2) is 8.42 Å². The SMILES string of the molecule is C[C@H]1C[C@@H]2CC[C@H]1S2.C[C@H]1C[C@@H]2CC[C@H]1S2(=O)=O.C[C@H]1C[C@@H]2CC[C@H]1S2=O. The molecule has 6 heteroatoms. The van der Waals surface area contributed by atoms with Gasteiger partial charge in [0.15, 0.2) is 9.84 Å². The van der Waals surface area contributed by atoms with Crippen LogP contribution in [-0.4, -0.2) is 44.1 Å². The van der Waals surface area contributed by atoms with Gasteiger partial charge >= 0.3 is 0 Å². The summed E-state index contributed by atoms with van der Waals surface area (Å²) in [4.78, 5) is 0. The van der Waals surface area contributed by atoms with Crippen LogP contribution in [0.5, 0.6) is 0 Å². The average Bonchev–Trinajstić information content (AvgIpc) is 3.43. The van der Waals surface area contributed by atoms with Crippen molar-refractivity contribution < 1.29 is 12.6 Å². The van der Waals surface area contributed by atoms with Crippen molar-refractivity contribution in [3.63, 3.8) is 0 Å². The first-order valence-electron chi connectivity index (χ1n) is 11.0. The highest BCUT2D eigenvalue weighted by Crippen LogP contribution is 2.49. The monoisotopic (exact) mass is 432 g/mol. The average molecular weight is 433 g/mol. The van der Waals surface area contributed by atoms with Crippen LogP contribution in [0.1, 0.15) is 78.6 Å². The maximum Gasteiger partial charge on any atom is 0.156 e. The molecule has 6 rings (SSSR count). The molecule has 6 aliphatic heterocycles. The third-order valence-corrected chi connectivity index (χ3v) is 15.2. The third kappa shape index (κ3) is 3.93. The van der Waals surface area contributed by atoms with Crippen LogP contribution in [0.2, 0.25) is 0 Å². The zero-order valence-corrected chi connectivity index (χ0v) is 19.5. The quantitative estimate of drug-likeness (QED) is 0.563. The Morgan fingerprint density at radius 2 is 1.59 bits per heavy atom. The van der Waals surface area contributed by atoms with Gasteiger partial charge in [0, 0.05) is 31.8 Å².